The molecule has 0 aromatic rings. The molecule has 5 heteroatoms. The second-order valence-corrected chi connectivity index (χ2v) is 5.78. The van der Waals surface area contributed by atoms with Gasteiger partial charge in [-0.3, -0.25) is 4.79 Å². The molecule has 1 atom stereocenters. The summed E-state index contributed by atoms with van der Waals surface area (Å²) in [6.45, 7) is 9.99. The quantitative estimate of drug-likeness (QED) is 0.750. The SMILES string of the molecule is CCCCC(B1OC(C)(C)C(C)(C)O1)C(N)=O. The topological polar surface area (TPSA) is 61.6 Å². The van der Waals surface area contributed by atoms with Crippen molar-refractivity contribution in [1.82, 2.24) is 0 Å². The molecule has 2 N–H and O–H groups in total. The van der Waals surface area contributed by atoms with Crippen molar-refractivity contribution in [3.8, 4) is 0 Å². The Labute approximate surface area is 104 Å². The van der Waals surface area contributed by atoms with Crippen LogP contribution in [0.15, 0.2) is 0 Å². The summed E-state index contributed by atoms with van der Waals surface area (Å²) in [4.78, 5) is 11.5. The fourth-order valence-electron chi connectivity index (χ4n) is 1.89. The Morgan fingerprint density at radius 1 is 1.24 bits per heavy atom. The lowest BCUT2D eigenvalue weighted by Gasteiger charge is -2.32. The van der Waals surface area contributed by atoms with Crippen LogP contribution in [0.4, 0.5) is 0 Å². The fraction of sp³-hybridized carbons (Fsp3) is 0.917. The molecule has 1 aliphatic heterocycles. The molecule has 0 bridgehead atoms. The Morgan fingerprint density at radius 3 is 2.06 bits per heavy atom. The van der Waals surface area contributed by atoms with Crippen LogP contribution in [0.25, 0.3) is 0 Å². The molecule has 0 spiro atoms. The van der Waals surface area contributed by atoms with Gasteiger partial charge in [-0.2, -0.15) is 0 Å². The number of nitrogens with two attached hydrogens (primary N) is 1. The van der Waals surface area contributed by atoms with E-state index < -0.39 is 18.3 Å². The van der Waals surface area contributed by atoms with Crippen LogP contribution >= 0.6 is 0 Å². The minimum atomic E-state index is -0.510. The van der Waals surface area contributed by atoms with Crippen LogP contribution in [0.5, 0.6) is 0 Å². The number of primary amides is 1. The highest BCUT2D eigenvalue weighted by atomic mass is 16.7. The maximum atomic E-state index is 11.5. The van der Waals surface area contributed by atoms with Gasteiger partial charge in [-0.25, -0.2) is 0 Å². The van der Waals surface area contributed by atoms with Crippen LogP contribution in [0.1, 0.15) is 53.9 Å². The standard InChI is InChI=1S/C12H24BNO3/c1-6-7-8-9(10(14)15)13-16-11(2,3)12(4,5)17-13/h9H,6-8H2,1-5H3,(H2,14,15). The van der Waals surface area contributed by atoms with Crippen molar-refractivity contribution in [3.63, 3.8) is 0 Å². The predicted molar refractivity (Wildman–Crippen MR) is 68.6 cm³/mol. The second-order valence-electron chi connectivity index (χ2n) is 5.78. The van der Waals surface area contributed by atoms with Crippen LogP contribution in [-0.2, 0) is 14.1 Å². The normalized spacial score (nSPS) is 23.7. The molecule has 1 unspecified atom stereocenters. The highest BCUT2D eigenvalue weighted by Gasteiger charge is 2.54. The van der Waals surface area contributed by atoms with Gasteiger partial charge in [-0.15, -0.1) is 0 Å². The molecule has 1 heterocycles. The van der Waals surface area contributed by atoms with E-state index in [0.717, 1.165) is 19.3 Å². The molecule has 0 aromatic carbocycles. The molecular formula is C12H24BNO3. The van der Waals surface area contributed by atoms with Gasteiger partial charge >= 0.3 is 7.12 Å². The monoisotopic (exact) mass is 241 g/mol. The van der Waals surface area contributed by atoms with Crippen molar-refractivity contribution in [3.05, 3.63) is 0 Å². The van der Waals surface area contributed by atoms with Crippen molar-refractivity contribution in [2.75, 3.05) is 0 Å². The molecule has 1 saturated heterocycles. The zero-order valence-electron chi connectivity index (χ0n) is 11.6. The van der Waals surface area contributed by atoms with Gasteiger partial charge in [-0.1, -0.05) is 19.8 Å². The molecule has 0 aromatic heterocycles. The van der Waals surface area contributed by atoms with E-state index in [-0.39, 0.29) is 11.7 Å². The summed E-state index contributed by atoms with van der Waals surface area (Å²) in [5.74, 6) is -0.687. The molecule has 0 saturated carbocycles. The average Bonchev–Trinajstić information content (AvgIpc) is 2.35. The smallest absolute Gasteiger partial charge is 0.403 e. The van der Waals surface area contributed by atoms with E-state index in [0.29, 0.717) is 0 Å². The summed E-state index contributed by atoms with van der Waals surface area (Å²) in [7, 11) is -0.510. The van der Waals surface area contributed by atoms with Crippen molar-refractivity contribution < 1.29 is 14.1 Å². The van der Waals surface area contributed by atoms with Crippen LogP contribution in [0.2, 0.25) is 5.82 Å². The van der Waals surface area contributed by atoms with Crippen LogP contribution in [0, 0.1) is 0 Å². The highest BCUT2D eigenvalue weighted by Crippen LogP contribution is 2.40. The fourth-order valence-corrected chi connectivity index (χ4v) is 1.89. The van der Waals surface area contributed by atoms with E-state index in [9.17, 15) is 4.79 Å². The average molecular weight is 241 g/mol. The first-order valence-electron chi connectivity index (χ1n) is 6.36. The number of carbonyl (C=O) groups is 1. The lowest BCUT2D eigenvalue weighted by atomic mass is 9.68. The molecule has 0 radical (unpaired) electrons. The number of rotatable bonds is 5. The Balaban J connectivity index is 2.75. The molecule has 0 aliphatic carbocycles. The van der Waals surface area contributed by atoms with Crippen molar-refractivity contribution in [1.29, 1.82) is 0 Å². The number of amides is 1. The summed E-state index contributed by atoms with van der Waals surface area (Å²) in [5.41, 5.74) is 4.63. The summed E-state index contributed by atoms with van der Waals surface area (Å²) in [5, 5.41) is 0. The molecule has 1 amide bonds. The number of carbonyl (C=O) groups excluding carboxylic acids is 1. The number of hydrogen-bond donors (Lipinski definition) is 1. The summed E-state index contributed by atoms with van der Waals surface area (Å²) < 4.78 is 11.7. The first-order valence-corrected chi connectivity index (χ1v) is 6.36. The molecule has 98 valence electrons. The Kier molecular flexibility index (Phi) is 4.26. The summed E-state index contributed by atoms with van der Waals surface area (Å²) >= 11 is 0. The molecule has 1 aliphatic rings. The van der Waals surface area contributed by atoms with Crippen LogP contribution < -0.4 is 5.73 Å². The van der Waals surface area contributed by atoms with Gasteiger partial charge in [0.05, 0.1) is 17.0 Å². The summed E-state index contributed by atoms with van der Waals surface area (Å²) in [6.07, 6.45) is 2.71. The maximum absolute atomic E-state index is 11.5. The largest absolute Gasteiger partial charge is 0.470 e. The lowest BCUT2D eigenvalue weighted by Crippen LogP contribution is -2.41. The predicted octanol–water partition coefficient (Wildman–Crippen LogP) is 2.12. The third-order valence-corrected chi connectivity index (χ3v) is 3.83. The number of hydrogen-bond acceptors (Lipinski definition) is 3. The Bertz CT molecular complexity index is 275. The van der Waals surface area contributed by atoms with Gasteiger partial charge in [0.1, 0.15) is 0 Å². The minimum absolute atomic E-state index is 0.336. The third-order valence-electron chi connectivity index (χ3n) is 3.83. The Hall–Kier alpha value is -0.545. The van der Waals surface area contributed by atoms with Crippen molar-refractivity contribution in [2.45, 2.75) is 70.9 Å². The van der Waals surface area contributed by atoms with E-state index in [1.54, 1.807) is 0 Å². The van der Waals surface area contributed by atoms with Gasteiger partial charge in [0, 0.05) is 0 Å². The highest BCUT2D eigenvalue weighted by molar-refractivity contribution is 6.52. The van der Waals surface area contributed by atoms with E-state index >= 15 is 0 Å². The lowest BCUT2D eigenvalue weighted by molar-refractivity contribution is -0.118. The molecule has 4 nitrogen and oxygen atoms in total. The summed E-state index contributed by atoms with van der Waals surface area (Å²) in [6, 6.07) is 0. The first-order chi connectivity index (χ1) is 7.71. The minimum Gasteiger partial charge on any atom is -0.403 e. The van der Waals surface area contributed by atoms with Crippen molar-refractivity contribution >= 4 is 13.0 Å². The zero-order valence-corrected chi connectivity index (χ0v) is 11.6. The molecule has 17 heavy (non-hydrogen) atoms. The van der Waals surface area contributed by atoms with E-state index in [4.69, 9.17) is 15.0 Å². The second kappa shape index (κ2) is 4.98. The van der Waals surface area contributed by atoms with Gasteiger partial charge in [0.2, 0.25) is 5.91 Å². The van der Waals surface area contributed by atoms with Gasteiger partial charge in [0.15, 0.2) is 0 Å². The van der Waals surface area contributed by atoms with Crippen LogP contribution in [0.3, 0.4) is 0 Å². The van der Waals surface area contributed by atoms with Gasteiger partial charge < -0.3 is 15.0 Å². The van der Waals surface area contributed by atoms with E-state index in [1.165, 1.54) is 0 Å². The zero-order chi connectivity index (χ0) is 13.3. The molecule has 1 fully saturated rings. The van der Waals surface area contributed by atoms with Crippen LogP contribution in [-0.4, -0.2) is 24.2 Å². The van der Waals surface area contributed by atoms with Crippen molar-refractivity contribution in [2.24, 2.45) is 5.73 Å². The van der Waals surface area contributed by atoms with Gasteiger partial charge in [0.25, 0.3) is 0 Å². The molecular weight excluding hydrogens is 217 g/mol. The first kappa shape index (κ1) is 14.5. The molecule has 1 rings (SSSR count). The third kappa shape index (κ3) is 3.02. The Morgan fingerprint density at radius 2 is 1.71 bits per heavy atom. The van der Waals surface area contributed by atoms with Gasteiger partial charge in [-0.05, 0) is 34.1 Å². The van der Waals surface area contributed by atoms with E-state index in [2.05, 4.69) is 6.92 Å². The maximum Gasteiger partial charge on any atom is 0.470 e. The van der Waals surface area contributed by atoms with E-state index in [1.807, 2.05) is 27.7 Å². The number of unbranched alkanes of at least 4 members (excludes halogenated alkanes) is 1.